The topological polar surface area (TPSA) is 154 Å². The van der Waals surface area contributed by atoms with E-state index in [0.717, 1.165) is 122 Å². The van der Waals surface area contributed by atoms with E-state index in [1.165, 1.54) is 122 Å². The summed E-state index contributed by atoms with van der Waals surface area (Å²) in [7, 11) is 0. The Hall–Kier alpha value is -1.87. The third-order valence-electron chi connectivity index (χ3n) is 14.8. The SMILES string of the molecule is CCCCCCCCC(CCCCCC)C(=O)OCCCCCCOCC(OCCCCCCOC(=O)C(CCCCCC)CCCCCCCC)C(=O)N(CCCCCCCC)CCOCCOCCOCCOCCN. The molecule has 0 saturated heterocycles. The van der Waals surface area contributed by atoms with Gasteiger partial charge < -0.3 is 48.5 Å². The molecule has 0 spiro atoms. The first-order chi connectivity index (χ1) is 38.4. The van der Waals surface area contributed by atoms with Crippen molar-refractivity contribution in [3.05, 3.63) is 0 Å². The molecule has 1 amide bonds. The highest BCUT2D eigenvalue weighted by molar-refractivity contribution is 5.81. The van der Waals surface area contributed by atoms with Gasteiger partial charge in [0.1, 0.15) is 0 Å². The zero-order valence-corrected chi connectivity index (χ0v) is 51.9. The molecule has 0 aliphatic heterocycles. The second-order valence-electron chi connectivity index (χ2n) is 22.1. The van der Waals surface area contributed by atoms with Gasteiger partial charge >= 0.3 is 11.9 Å². The Kier molecular flexibility index (Phi) is 61.2. The average molecular weight is 1110 g/mol. The van der Waals surface area contributed by atoms with E-state index < -0.39 is 6.10 Å². The quantitative estimate of drug-likeness (QED) is 0.0455. The number of unbranched alkanes of at least 4 members (excludes halogenated alkanes) is 27. The van der Waals surface area contributed by atoms with E-state index in [9.17, 15) is 14.4 Å². The Balaban J connectivity index is 5.34. The van der Waals surface area contributed by atoms with Crippen molar-refractivity contribution in [2.45, 2.75) is 285 Å². The summed E-state index contributed by atoms with van der Waals surface area (Å²) in [6.07, 6.45) is 41.3. The largest absolute Gasteiger partial charge is 0.465 e. The van der Waals surface area contributed by atoms with Gasteiger partial charge in [0, 0.05) is 32.8 Å². The average Bonchev–Trinajstić information content (AvgIpc) is 3.44. The third-order valence-corrected chi connectivity index (χ3v) is 14.8. The molecule has 0 aromatic rings. The van der Waals surface area contributed by atoms with Gasteiger partial charge in [-0.25, -0.2) is 0 Å². The number of nitrogens with zero attached hydrogens (tertiary/aromatic N) is 1. The summed E-state index contributed by atoms with van der Waals surface area (Å²) in [6.45, 7) is 18.7. The Morgan fingerprint density at radius 3 is 1.09 bits per heavy atom. The first kappa shape index (κ1) is 76.1. The van der Waals surface area contributed by atoms with Crippen LogP contribution in [0, 0.1) is 11.8 Å². The van der Waals surface area contributed by atoms with Crippen molar-refractivity contribution >= 4 is 17.8 Å². The molecule has 0 aromatic carbocycles. The number of carbonyl (C=O) groups excluding carboxylic acids is 3. The molecule has 0 saturated carbocycles. The van der Waals surface area contributed by atoms with E-state index in [0.29, 0.717) is 98.9 Å². The van der Waals surface area contributed by atoms with E-state index in [2.05, 4.69) is 34.6 Å². The summed E-state index contributed by atoms with van der Waals surface area (Å²) in [5.74, 6) is -0.00373. The van der Waals surface area contributed by atoms with Crippen LogP contribution in [0.2, 0.25) is 0 Å². The summed E-state index contributed by atoms with van der Waals surface area (Å²) in [6, 6.07) is 0. The molecule has 3 atom stereocenters. The molecule has 13 heteroatoms. The first-order valence-electron chi connectivity index (χ1n) is 33.2. The van der Waals surface area contributed by atoms with Crippen LogP contribution in [-0.2, 0) is 52.3 Å². The number of carbonyl (C=O) groups is 3. The number of hydrogen-bond donors (Lipinski definition) is 1. The Morgan fingerprint density at radius 1 is 0.333 bits per heavy atom. The monoisotopic (exact) mass is 1110 g/mol. The van der Waals surface area contributed by atoms with Crippen LogP contribution in [0.5, 0.6) is 0 Å². The van der Waals surface area contributed by atoms with Gasteiger partial charge in [-0.15, -0.1) is 0 Å². The molecule has 0 radical (unpaired) electrons. The van der Waals surface area contributed by atoms with E-state index in [1.807, 2.05) is 4.90 Å². The fraction of sp³-hybridized carbons (Fsp3) is 0.954. The van der Waals surface area contributed by atoms with Crippen molar-refractivity contribution in [3.8, 4) is 0 Å². The summed E-state index contributed by atoms with van der Waals surface area (Å²) in [5, 5.41) is 0. The van der Waals surface area contributed by atoms with E-state index in [4.69, 9.17) is 43.6 Å². The molecule has 2 N–H and O–H groups in total. The van der Waals surface area contributed by atoms with Crippen molar-refractivity contribution in [2.75, 3.05) is 106 Å². The summed E-state index contributed by atoms with van der Waals surface area (Å²) in [5.41, 5.74) is 5.46. The smallest absolute Gasteiger partial charge is 0.308 e. The lowest BCUT2D eigenvalue weighted by Crippen LogP contribution is -2.45. The maximum atomic E-state index is 14.4. The lowest BCUT2D eigenvalue weighted by atomic mass is 9.94. The van der Waals surface area contributed by atoms with Gasteiger partial charge in [-0.2, -0.15) is 0 Å². The highest BCUT2D eigenvalue weighted by atomic mass is 16.6. The van der Waals surface area contributed by atoms with Crippen LogP contribution >= 0.6 is 0 Å². The van der Waals surface area contributed by atoms with Gasteiger partial charge in [0.05, 0.1) is 84.5 Å². The van der Waals surface area contributed by atoms with Crippen LogP contribution in [0.4, 0.5) is 0 Å². The standard InChI is InChI=1S/C65H128N2O11/c1-6-11-16-21-24-33-42-60(40-31-19-14-9-4)64(69)77-49-38-28-27-36-47-75-59-62(76-48-37-29-30-39-50-78-65(70)61(41-32-20-15-10-5)43-34-25-22-17-12-7-2)63(68)67(45-35-26-23-18-13-8-3)46-52-72-54-56-74-58-57-73-55-53-71-51-44-66/h60-62H,6-59,66H2,1-5H3. The van der Waals surface area contributed by atoms with Crippen molar-refractivity contribution in [1.82, 2.24) is 4.90 Å². The maximum Gasteiger partial charge on any atom is 0.308 e. The number of rotatable bonds is 65. The molecule has 464 valence electrons. The fourth-order valence-corrected chi connectivity index (χ4v) is 9.78. The van der Waals surface area contributed by atoms with Gasteiger partial charge in [0.15, 0.2) is 6.10 Å². The van der Waals surface area contributed by atoms with Gasteiger partial charge in [0.2, 0.25) is 0 Å². The molecule has 0 aliphatic carbocycles. The van der Waals surface area contributed by atoms with Crippen LogP contribution in [0.15, 0.2) is 0 Å². The number of hydrogen-bond acceptors (Lipinski definition) is 12. The van der Waals surface area contributed by atoms with Gasteiger partial charge in [0.25, 0.3) is 5.91 Å². The summed E-state index contributed by atoms with van der Waals surface area (Å²) >= 11 is 0. The van der Waals surface area contributed by atoms with E-state index >= 15 is 0 Å². The number of nitrogens with two attached hydrogens (primary N) is 1. The molecule has 0 rings (SSSR count). The van der Waals surface area contributed by atoms with Gasteiger partial charge in [-0.05, 0) is 70.6 Å². The minimum atomic E-state index is -0.707. The molecular weight excluding hydrogens is 985 g/mol. The molecule has 3 unspecified atom stereocenters. The fourth-order valence-electron chi connectivity index (χ4n) is 9.78. The van der Waals surface area contributed by atoms with Crippen molar-refractivity contribution in [2.24, 2.45) is 17.6 Å². The minimum Gasteiger partial charge on any atom is -0.465 e. The molecule has 0 bridgehead atoms. The molecule has 0 heterocycles. The van der Waals surface area contributed by atoms with Gasteiger partial charge in [-0.1, -0.05) is 208 Å². The van der Waals surface area contributed by atoms with E-state index in [1.54, 1.807) is 0 Å². The third kappa shape index (κ3) is 51.0. The highest BCUT2D eigenvalue weighted by Gasteiger charge is 2.26. The molecule has 0 fully saturated rings. The predicted molar refractivity (Wildman–Crippen MR) is 322 cm³/mol. The van der Waals surface area contributed by atoms with Crippen LogP contribution in [0.3, 0.4) is 0 Å². The van der Waals surface area contributed by atoms with Crippen LogP contribution < -0.4 is 5.73 Å². The van der Waals surface area contributed by atoms with Crippen LogP contribution in [-0.4, -0.2) is 134 Å². The predicted octanol–water partition coefficient (Wildman–Crippen LogP) is 15.5. The second-order valence-corrected chi connectivity index (χ2v) is 22.1. The highest BCUT2D eigenvalue weighted by Crippen LogP contribution is 2.23. The normalized spacial score (nSPS) is 12.7. The van der Waals surface area contributed by atoms with Crippen LogP contribution in [0.25, 0.3) is 0 Å². The Labute approximate surface area is 481 Å². The number of esters is 2. The lowest BCUT2D eigenvalue weighted by molar-refractivity contribution is -0.150. The first-order valence-corrected chi connectivity index (χ1v) is 33.2. The van der Waals surface area contributed by atoms with Gasteiger partial charge in [-0.3, -0.25) is 14.4 Å². The molecule has 0 aromatic heterocycles. The summed E-state index contributed by atoms with van der Waals surface area (Å²) in [4.78, 5) is 42.7. The molecule has 78 heavy (non-hydrogen) atoms. The van der Waals surface area contributed by atoms with Crippen molar-refractivity contribution < 1.29 is 52.3 Å². The minimum absolute atomic E-state index is 0.0000288. The maximum absolute atomic E-state index is 14.4. The summed E-state index contributed by atoms with van der Waals surface area (Å²) < 4.78 is 46.9. The lowest BCUT2D eigenvalue weighted by Gasteiger charge is -2.28. The van der Waals surface area contributed by atoms with E-state index in [-0.39, 0.29) is 36.3 Å². The molecule has 13 nitrogen and oxygen atoms in total. The molecular formula is C65H128N2O11. The zero-order chi connectivity index (χ0) is 56.9. The van der Waals surface area contributed by atoms with Crippen molar-refractivity contribution in [1.29, 1.82) is 0 Å². The van der Waals surface area contributed by atoms with Crippen molar-refractivity contribution in [3.63, 3.8) is 0 Å². The zero-order valence-electron chi connectivity index (χ0n) is 51.9. The second kappa shape index (κ2) is 62.7. The number of ether oxygens (including phenoxy) is 8. The number of amides is 1. The Morgan fingerprint density at radius 2 is 0.667 bits per heavy atom. The molecule has 0 aliphatic rings. The van der Waals surface area contributed by atoms with Crippen LogP contribution in [0.1, 0.15) is 279 Å². The Bertz CT molecular complexity index is 1250.